The minimum atomic E-state index is -1.17. The van der Waals surface area contributed by atoms with E-state index in [-0.39, 0.29) is 5.91 Å². The van der Waals surface area contributed by atoms with E-state index in [0.717, 1.165) is 29.1 Å². The van der Waals surface area contributed by atoms with E-state index in [4.69, 9.17) is 5.11 Å². The minimum Gasteiger partial charge on any atom is -0.480 e. The number of carboxylic acids is 1. The molecule has 1 heterocycles. The van der Waals surface area contributed by atoms with Crippen LogP contribution in [-0.4, -0.2) is 64.4 Å². The van der Waals surface area contributed by atoms with E-state index in [1.807, 2.05) is 0 Å². The molecule has 1 N–H and O–H groups in total. The molecule has 27 heavy (non-hydrogen) atoms. The van der Waals surface area contributed by atoms with E-state index in [0.29, 0.717) is 18.5 Å². The number of hydrogen-bond acceptors (Lipinski definition) is 4. The third kappa shape index (κ3) is 3.39. The van der Waals surface area contributed by atoms with Gasteiger partial charge in [0, 0.05) is 12.7 Å². The number of para-hydroxylation sites is 1. The van der Waals surface area contributed by atoms with Gasteiger partial charge >= 0.3 is 12.0 Å². The Bertz CT molecular complexity index is 758. The van der Waals surface area contributed by atoms with Crippen molar-refractivity contribution in [2.75, 3.05) is 25.0 Å². The molecule has 8 nitrogen and oxygen atoms in total. The number of nitrogens with zero attached hydrogens (tertiary/aromatic N) is 3. The lowest BCUT2D eigenvalue weighted by molar-refractivity contribution is -0.138. The quantitative estimate of drug-likeness (QED) is 0.792. The number of carboxylic acid groups (broad SMARTS) is 1. The molecular weight excluding hydrogens is 350 g/mol. The molecule has 0 atom stereocenters. The summed E-state index contributed by atoms with van der Waals surface area (Å²) in [4.78, 5) is 53.1. The number of aliphatic carboxylic acids is 1. The molecule has 4 amide bonds. The second-order valence-electron chi connectivity index (χ2n) is 7.03. The van der Waals surface area contributed by atoms with Crippen molar-refractivity contribution in [1.29, 1.82) is 0 Å². The van der Waals surface area contributed by atoms with E-state index in [2.05, 4.69) is 0 Å². The molecular formula is C19H23N3O5. The molecule has 2 fully saturated rings. The third-order valence-electron chi connectivity index (χ3n) is 5.44. The number of carbonyl (C=O) groups is 4. The number of likely N-dealkylation sites (N-methyl/N-ethyl adjacent to an activating group) is 1. The first-order chi connectivity index (χ1) is 12.9. The van der Waals surface area contributed by atoms with Gasteiger partial charge in [0.2, 0.25) is 5.91 Å². The fraction of sp³-hybridized carbons (Fsp3) is 0.474. The molecule has 1 saturated carbocycles. The fourth-order valence-electron chi connectivity index (χ4n) is 3.96. The summed E-state index contributed by atoms with van der Waals surface area (Å²) in [5, 5.41) is 9.15. The molecule has 0 aromatic heterocycles. The zero-order chi connectivity index (χ0) is 19.6. The molecule has 2 aliphatic rings. The number of rotatable bonds is 5. The molecule has 3 rings (SSSR count). The van der Waals surface area contributed by atoms with E-state index >= 15 is 0 Å². The number of benzene rings is 1. The van der Waals surface area contributed by atoms with Crippen LogP contribution in [0.4, 0.5) is 10.5 Å². The van der Waals surface area contributed by atoms with E-state index < -0.39 is 36.5 Å². The normalized spacial score (nSPS) is 18.9. The number of carbonyl (C=O) groups excluding carboxylic acids is 3. The van der Waals surface area contributed by atoms with Crippen molar-refractivity contribution in [2.45, 2.75) is 37.6 Å². The summed E-state index contributed by atoms with van der Waals surface area (Å²) in [7, 11) is 1.60. The highest BCUT2D eigenvalue weighted by Gasteiger charge is 2.56. The van der Waals surface area contributed by atoms with Crippen LogP contribution in [0, 0.1) is 0 Å². The maximum Gasteiger partial charge on any atom is 0.327 e. The van der Waals surface area contributed by atoms with Crippen LogP contribution in [0.1, 0.15) is 32.1 Å². The first-order valence-electron chi connectivity index (χ1n) is 9.04. The Kier molecular flexibility index (Phi) is 5.16. The van der Waals surface area contributed by atoms with Crippen LogP contribution < -0.4 is 4.90 Å². The van der Waals surface area contributed by atoms with Crippen molar-refractivity contribution >= 4 is 29.5 Å². The second kappa shape index (κ2) is 7.38. The summed E-state index contributed by atoms with van der Waals surface area (Å²) < 4.78 is 0. The van der Waals surface area contributed by atoms with Gasteiger partial charge in [-0.2, -0.15) is 0 Å². The van der Waals surface area contributed by atoms with Gasteiger partial charge in [-0.15, -0.1) is 0 Å². The maximum atomic E-state index is 13.0. The largest absolute Gasteiger partial charge is 0.480 e. The van der Waals surface area contributed by atoms with Gasteiger partial charge in [-0.25, -0.2) is 4.79 Å². The maximum absolute atomic E-state index is 13.0. The second-order valence-corrected chi connectivity index (χ2v) is 7.03. The topological polar surface area (TPSA) is 98.2 Å². The van der Waals surface area contributed by atoms with Crippen molar-refractivity contribution in [1.82, 2.24) is 9.80 Å². The van der Waals surface area contributed by atoms with Gasteiger partial charge in [-0.3, -0.25) is 24.2 Å². The Morgan fingerprint density at radius 1 is 1.11 bits per heavy atom. The van der Waals surface area contributed by atoms with E-state index in [1.165, 1.54) is 4.90 Å². The molecule has 8 heteroatoms. The van der Waals surface area contributed by atoms with Crippen LogP contribution in [0.15, 0.2) is 30.3 Å². The summed E-state index contributed by atoms with van der Waals surface area (Å²) in [6.45, 7) is -1.01. The standard InChI is InChI=1S/C19H23N3O5/c1-20-18(27)22(17(26)19(20)10-6-3-7-11-19)12-15(23)21(13-16(24)25)14-8-4-2-5-9-14/h2,4-5,8-9H,3,6-7,10-13H2,1H3,(H,24,25). The average Bonchev–Trinajstić information content (AvgIpc) is 2.83. The van der Waals surface area contributed by atoms with Gasteiger partial charge in [0.25, 0.3) is 5.91 Å². The molecule has 1 aliphatic heterocycles. The summed E-state index contributed by atoms with van der Waals surface area (Å²) >= 11 is 0. The lowest BCUT2D eigenvalue weighted by Gasteiger charge is -2.35. The number of urea groups is 1. The van der Waals surface area contributed by atoms with Crippen LogP contribution in [0.2, 0.25) is 0 Å². The van der Waals surface area contributed by atoms with Crippen LogP contribution >= 0.6 is 0 Å². The van der Waals surface area contributed by atoms with Crippen LogP contribution in [-0.2, 0) is 14.4 Å². The smallest absolute Gasteiger partial charge is 0.327 e. The molecule has 1 aromatic rings. The van der Waals surface area contributed by atoms with Crippen molar-refractivity contribution in [3.05, 3.63) is 30.3 Å². The predicted octanol–water partition coefficient (Wildman–Crippen LogP) is 1.70. The van der Waals surface area contributed by atoms with Crippen LogP contribution in [0.3, 0.4) is 0 Å². The first-order valence-corrected chi connectivity index (χ1v) is 9.04. The number of imide groups is 1. The summed E-state index contributed by atoms with van der Waals surface area (Å²) in [6.07, 6.45) is 3.93. The van der Waals surface area contributed by atoms with Crippen molar-refractivity contribution < 1.29 is 24.3 Å². The predicted molar refractivity (Wildman–Crippen MR) is 97.1 cm³/mol. The first kappa shape index (κ1) is 18.9. The number of anilines is 1. The van der Waals surface area contributed by atoms with Gasteiger partial charge in [0.1, 0.15) is 18.6 Å². The molecule has 1 spiro atoms. The van der Waals surface area contributed by atoms with Crippen LogP contribution in [0.25, 0.3) is 0 Å². The summed E-state index contributed by atoms with van der Waals surface area (Å²) in [5.41, 5.74) is -0.454. The average molecular weight is 373 g/mol. The Morgan fingerprint density at radius 2 is 1.74 bits per heavy atom. The zero-order valence-electron chi connectivity index (χ0n) is 15.3. The molecule has 0 radical (unpaired) electrons. The monoisotopic (exact) mass is 373 g/mol. The molecule has 144 valence electrons. The number of hydrogen-bond donors (Lipinski definition) is 1. The fourth-order valence-corrected chi connectivity index (χ4v) is 3.96. The van der Waals surface area contributed by atoms with E-state index in [9.17, 15) is 19.2 Å². The SMILES string of the molecule is CN1C(=O)N(CC(=O)N(CC(=O)O)c2ccccc2)C(=O)C12CCCCC2. The van der Waals surface area contributed by atoms with Crippen LogP contribution in [0.5, 0.6) is 0 Å². The van der Waals surface area contributed by atoms with Gasteiger partial charge in [-0.1, -0.05) is 37.5 Å². The van der Waals surface area contributed by atoms with E-state index in [1.54, 1.807) is 37.4 Å². The van der Waals surface area contributed by atoms with Crippen molar-refractivity contribution in [3.8, 4) is 0 Å². The van der Waals surface area contributed by atoms with Gasteiger partial charge < -0.3 is 10.0 Å². The summed E-state index contributed by atoms with van der Waals surface area (Å²) in [5.74, 6) is -2.13. The third-order valence-corrected chi connectivity index (χ3v) is 5.44. The van der Waals surface area contributed by atoms with Crippen molar-refractivity contribution in [3.63, 3.8) is 0 Å². The summed E-state index contributed by atoms with van der Waals surface area (Å²) in [6, 6.07) is 7.86. The lowest BCUT2D eigenvalue weighted by atomic mass is 9.81. The molecule has 0 bridgehead atoms. The highest BCUT2D eigenvalue weighted by molar-refractivity contribution is 6.10. The number of amides is 4. The lowest BCUT2D eigenvalue weighted by Crippen LogP contribution is -2.50. The zero-order valence-corrected chi connectivity index (χ0v) is 15.3. The Balaban J connectivity index is 1.82. The minimum absolute atomic E-state index is 0.355. The highest BCUT2D eigenvalue weighted by atomic mass is 16.4. The molecule has 1 aliphatic carbocycles. The Labute approximate surface area is 157 Å². The molecule has 1 saturated heterocycles. The Hall–Kier alpha value is -2.90. The molecule has 0 unspecified atom stereocenters. The van der Waals surface area contributed by atoms with Crippen molar-refractivity contribution in [2.24, 2.45) is 0 Å². The van der Waals surface area contributed by atoms with Gasteiger partial charge in [0.15, 0.2) is 0 Å². The van der Waals surface area contributed by atoms with Gasteiger partial charge in [0.05, 0.1) is 0 Å². The van der Waals surface area contributed by atoms with Gasteiger partial charge in [-0.05, 0) is 25.0 Å². The molecule has 1 aromatic carbocycles. The highest BCUT2D eigenvalue weighted by Crippen LogP contribution is 2.39. The Morgan fingerprint density at radius 3 is 2.33 bits per heavy atom.